The number of amides is 1. The molecule has 152 valence electrons. The zero-order chi connectivity index (χ0) is 20.8. The molecule has 7 heteroatoms. The molecule has 1 saturated heterocycles. The van der Waals surface area contributed by atoms with Gasteiger partial charge in [0, 0.05) is 37.6 Å². The van der Waals surface area contributed by atoms with Crippen molar-refractivity contribution in [1.82, 2.24) is 10.3 Å². The molecule has 1 aromatic carbocycles. The number of ether oxygens (including phenoxy) is 2. The fourth-order valence-corrected chi connectivity index (χ4v) is 3.15. The maximum Gasteiger partial charge on any atom is 0.220 e. The first-order valence-corrected chi connectivity index (χ1v) is 9.16. The van der Waals surface area contributed by atoms with Gasteiger partial charge in [0.15, 0.2) is 0 Å². The highest BCUT2D eigenvalue weighted by molar-refractivity contribution is 5.90. The van der Waals surface area contributed by atoms with Crippen molar-refractivity contribution in [3.8, 4) is 5.75 Å². The van der Waals surface area contributed by atoms with Gasteiger partial charge in [0.05, 0.1) is 18.7 Å². The van der Waals surface area contributed by atoms with Crippen LogP contribution in [0.2, 0.25) is 0 Å². The highest BCUT2D eigenvalue weighted by Gasteiger charge is 2.22. The third kappa shape index (κ3) is 5.48. The minimum atomic E-state index is -0.708. The Labute approximate surface area is 167 Å². The van der Waals surface area contributed by atoms with Crippen LogP contribution in [0.3, 0.4) is 0 Å². The van der Waals surface area contributed by atoms with Gasteiger partial charge in [-0.1, -0.05) is 6.58 Å². The number of halogens is 2. The van der Waals surface area contributed by atoms with Crippen LogP contribution in [-0.4, -0.2) is 37.8 Å². The molecule has 1 amide bonds. The average molecular weight is 400 g/mol. The summed E-state index contributed by atoms with van der Waals surface area (Å²) in [7, 11) is 1.37. The lowest BCUT2D eigenvalue weighted by atomic mass is 10.0. The van der Waals surface area contributed by atoms with Crippen molar-refractivity contribution in [2.75, 3.05) is 26.9 Å². The van der Waals surface area contributed by atoms with E-state index in [1.165, 1.54) is 13.2 Å². The first-order valence-electron chi connectivity index (χ1n) is 9.16. The number of hydrogen-bond acceptors (Lipinski definition) is 4. The van der Waals surface area contributed by atoms with Gasteiger partial charge < -0.3 is 14.8 Å². The summed E-state index contributed by atoms with van der Waals surface area (Å²) in [5.41, 5.74) is 1.43. The summed E-state index contributed by atoms with van der Waals surface area (Å²) in [5, 5.41) is 3.55. The van der Waals surface area contributed by atoms with Crippen LogP contribution in [0.25, 0.3) is 16.5 Å². The molecule has 1 fully saturated rings. The molecule has 1 aliphatic rings. The first-order chi connectivity index (χ1) is 14.0. The Bertz CT molecular complexity index is 985. The van der Waals surface area contributed by atoms with Crippen molar-refractivity contribution in [3.05, 3.63) is 66.4 Å². The van der Waals surface area contributed by atoms with Crippen molar-refractivity contribution in [1.29, 1.82) is 0 Å². The number of hydrogen-bond donors (Lipinski definition) is 1. The topological polar surface area (TPSA) is 60.5 Å². The Morgan fingerprint density at radius 3 is 2.90 bits per heavy atom. The molecule has 0 saturated carbocycles. The number of nitrogens with one attached hydrogen (secondary N) is 1. The normalized spacial score (nSPS) is 17.5. The second kappa shape index (κ2) is 9.43. The molecule has 5 nitrogen and oxygen atoms in total. The summed E-state index contributed by atoms with van der Waals surface area (Å²) in [5.74, 6) is -0.664. The van der Waals surface area contributed by atoms with Crippen LogP contribution in [-0.2, 0) is 9.53 Å². The monoisotopic (exact) mass is 400 g/mol. The molecular weight excluding hydrogens is 378 g/mol. The fourth-order valence-electron chi connectivity index (χ4n) is 3.15. The van der Waals surface area contributed by atoms with Crippen LogP contribution in [0.15, 0.2) is 60.8 Å². The van der Waals surface area contributed by atoms with Crippen molar-refractivity contribution in [2.45, 2.75) is 6.42 Å². The molecule has 0 spiro atoms. The van der Waals surface area contributed by atoms with E-state index in [9.17, 15) is 13.6 Å². The van der Waals surface area contributed by atoms with E-state index in [4.69, 9.17) is 9.47 Å². The van der Waals surface area contributed by atoms with Gasteiger partial charge in [-0.05, 0) is 47.6 Å². The van der Waals surface area contributed by atoms with Crippen LogP contribution in [0.5, 0.6) is 5.75 Å². The second-order valence-corrected chi connectivity index (χ2v) is 6.80. The number of aromatic nitrogens is 1. The van der Waals surface area contributed by atoms with E-state index in [2.05, 4.69) is 16.9 Å². The molecule has 1 N–H and O–H groups in total. The molecule has 3 rings (SSSR count). The molecule has 0 radical (unpaired) electrons. The number of carbonyl (C=O) groups is 1. The standard InChI is InChI=1S/C22H22F2N2O3/c1-14(23)6-16(8-18(24)13-28-2)17-9-20-19(4-3-5-25-20)21(10-17)29-12-15-7-22(27)26-11-15/h3-6,8-10,15H,1,7,11-13H2,2H3,(H,26,27). The van der Waals surface area contributed by atoms with E-state index in [0.29, 0.717) is 36.4 Å². The molecule has 2 heterocycles. The van der Waals surface area contributed by atoms with E-state index in [1.54, 1.807) is 24.4 Å². The van der Waals surface area contributed by atoms with Gasteiger partial charge in [0.25, 0.3) is 0 Å². The number of allylic oxidation sites excluding steroid dienone is 4. The molecular formula is C22H22F2N2O3. The zero-order valence-corrected chi connectivity index (χ0v) is 16.1. The summed E-state index contributed by atoms with van der Waals surface area (Å²) in [6.07, 6.45) is 4.38. The van der Waals surface area contributed by atoms with Gasteiger partial charge in [-0.15, -0.1) is 0 Å². The van der Waals surface area contributed by atoms with E-state index in [0.717, 1.165) is 11.5 Å². The largest absolute Gasteiger partial charge is 0.492 e. The summed E-state index contributed by atoms with van der Waals surface area (Å²) in [6, 6.07) is 7.08. The molecule has 1 unspecified atom stereocenters. The minimum absolute atomic E-state index is 0.00399. The predicted molar refractivity (Wildman–Crippen MR) is 108 cm³/mol. The fraction of sp³-hybridized carbons (Fsp3) is 0.273. The second-order valence-electron chi connectivity index (χ2n) is 6.80. The van der Waals surface area contributed by atoms with Gasteiger partial charge in [0.2, 0.25) is 5.91 Å². The molecule has 29 heavy (non-hydrogen) atoms. The maximum absolute atomic E-state index is 14.1. The van der Waals surface area contributed by atoms with Gasteiger partial charge in [-0.25, -0.2) is 8.78 Å². The lowest BCUT2D eigenvalue weighted by molar-refractivity contribution is -0.119. The van der Waals surface area contributed by atoms with Gasteiger partial charge in [-0.3, -0.25) is 9.78 Å². The number of carbonyl (C=O) groups excluding carboxylic acids is 1. The third-order valence-corrected chi connectivity index (χ3v) is 4.46. The van der Waals surface area contributed by atoms with Crippen LogP contribution < -0.4 is 10.1 Å². The Morgan fingerprint density at radius 2 is 2.21 bits per heavy atom. The predicted octanol–water partition coefficient (Wildman–Crippen LogP) is 4.12. The zero-order valence-electron chi connectivity index (χ0n) is 16.1. The number of methoxy groups -OCH3 is 1. The van der Waals surface area contributed by atoms with Crippen LogP contribution in [0, 0.1) is 5.92 Å². The summed E-state index contributed by atoms with van der Waals surface area (Å²) in [6.45, 7) is 3.92. The van der Waals surface area contributed by atoms with Crippen LogP contribution >= 0.6 is 0 Å². The highest BCUT2D eigenvalue weighted by Crippen LogP contribution is 2.32. The first kappa shape index (κ1) is 20.7. The lowest BCUT2D eigenvalue weighted by Crippen LogP contribution is -2.16. The number of benzene rings is 1. The molecule has 0 bridgehead atoms. The van der Waals surface area contributed by atoms with Crippen molar-refractivity contribution in [2.24, 2.45) is 5.92 Å². The van der Waals surface area contributed by atoms with Crippen molar-refractivity contribution >= 4 is 22.4 Å². The summed E-state index contributed by atoms with van der Waals surface area (Å²) in [4.78, 5) is 15.7. The Hall–Kier alpha value is -3.06. The quantitative estimate of drug-likeness (QED) is 0.678. The molecule has 1 aliphatic heterocycles. The number of nitrogens with zero attached hydrogens (tertiary/aromatic N) is 1. The number of rotatable bonds is 8. The van der Waals surface area contributed by atoms with Gasteiger partial charge in [0.1, 0.15) is 17.4 Å². The van der Waals surface area contributed by atoms with E-state index < -0.39 is 11.7 Å². The molecule has 1 aromatic heterocycles. The Kier molecular flexibility index (Phi) is 6.72. The Balaban J connectivity index is 1.99. The highest BCUT2D eigenvalue weighted by atomic mass is 19.1. The minimum Gasteiger partial charge on any atom is -0.492 e. The smallest absolute Gasteiger partial charge is 0.220 e. The van der Waals surface area contributed by atoms with Gasteiger partial charge in [-0.2, -0.15) is 0 Å². The van der Waals surface area contributed by atoms with Crippen molar-refractivity contribution in [3.63, 3.8) is 0 Å². The average Bonchev–Trinajstić information content (AvgIpc) is 3.10. The SMILES string of the molecule is C=C(F)C=C(C=C(F)COC)c1cc(OCC2CNC(=O)C2)c2cccnc2c1. The molecule has 0 aliphatic carbocycles. The van der Waals surface area contributed by atoms with E-state index in [1.807, 2.05) is 6.07 Å². The van der Waals surface area contributed by atoms with Crippen LogP contribution in [0.1, 0.15) is 12.0 Å². The number of fused-ring (bicyclic) bond motifs is 1. The maximum atomic E-state index is 14.1. The van der Waals surface area contributed by atoms with E-state index >= 15 is 0 Å². The van der Waals surface area contributed by atoms with Crippen LogP contribution in [0.4, 0.5) is 8.78 Å². The lowest BCUT2D eigenvalue weighted by Gasteiger charge is -2.14. The summed E-state index contributed by atoms with van der Waals surface area (Å²) < 4.78 is 38.4. The summed E-state index contributed by atoms with van der Waals surface area (Å²) >= 11 is 0. The number of pyridine rings is 1. The van der Waals surface area contributed by atoms with Gasteiger partial charge >= 0.3 is 0 Å². The van der Waals surface area contributed by atoms with E-state index in [-0.39, 0.29) is 24.0 Å². The third-order valence-electron chi connectivity index (χ3n) is 4.46. The van der Waals surface area contributed by atoms with Crippen molar-refractivity contribution < 1.29 is 23.0 Å². The molecule has 2 aromatic rings. The Morgan fingerprint density at radius 1 is 1.38 bits per heavy atom. The molecule has 1 atom stereocenters.